The van der Waals surface area contributed by atoms with Crippen molar-refractivity contribution >= 4 is 18.2 Å². The summed E-state index contributed by atoms with van der Waals surface area (Å²) in [5, 5.41) is 2.80. The van der Waals surface area contributed by atoms with Gasteiger partial charge in [0.15, 0.2) is 0 Å². The van der Waals surface area contributed by atoms with E-state index >= 15 is 0 Å². The number of H-pyrrole nitrogens is 1. The molecule has 2 aromatic rings. The van der Waals surface area contributed by atoms with E-state index in [2.05, 4.69) is 36.3 Å². The molecule has 0 saturated carbocycles. The number of carbonyl (C=O) groups is 1. The van der Waals surface area contributed by atoms with Gasteiger partial charge in [0.1, 0.15) is 5.54 Å². The SMILES string of the molecule is C/C=C1\[C@H]2C=C(C)C[C@]1(N=C/C=C/c1ccc(C(=O)NCC)cc1)c1ccc(=O)[nH]c1C2. The van der Waals surface area contributed by atoms with Gasteiger partial charge in [0.25, 0.3) is 5.91 Å². The van der Waals surface area contributed by atoms with Crippen LogP contribution >= 0.6 is 0 Å². The van der Waals surface area contributed by atoms with Crippen LogP contribution in [0.5, 0.6) is 0 Å². The first-order valence-electron chi connectivity index (χ1n) is 11.1. The van der Waals surface area contributed by atoms with Crippen molar-refractivity contribution in [3.63, 3.8) is 0 Å². The zero-order valence-electron chi connectivity index (χ0n) is 18.8. The lowest BCUT2D eigenvalue weighted by molar-refractivity contribution is 0.0956. The number of amides is 1. The topological polar surface area (TPSA) is 74.3 Å². The number of aromatic nitrogens is 1. The molecule has 1 heterocycles. The lowest BCUT2D eigenvalue weighted by Gasteiger charge is -2.45. The monoisotopic (exact) mass is 427 g/mol. The third kappa shape index (κ3) is 4.03. The Hall–Kier alpha value is -3.47. The van der Waals surface area contributed by atoms with Gasteiger partial charge in [-0.25, -0.2) is 0 Å². The number of aromatic amines is 1. The van der Waals surface area contributed by atoms with E-state index in [1.54, 1.807) is 6.07 Å². The van der Waals surface area contributed by atoms with E-state index in [0.717, 1.165) is 29.7 Å². The van der Waals surface area contributed by atoms with Crippen LogP contribution in [-0.4, -0.2) is 23.7 Å². The molecule has 0 fully saturated rings. The first-order valence-corrected chi connectivity index (χ1v) is 11.1. The molecule has 32 heavy (non-hydrogen) atoms. The largest absolute Gasteiger partial charge is 0.352 e. The minimum atomic E-state index is -0.484. The molecule has 0 radical (unpaired) electrons. The molecule has 2 atom stereocenters. The van der Waals surface area contributed by atoms with Crippen LogP contribution in [0.3, 0.4) is 0 Å². The van der Waals surface area contributed by atoms with Gasteiger partial charge in [-0.1, -0.05) is 35.9 Å². The predicted octanol–water partition coefficient (Wildman–Crippen LogP) is 4.57. The number of fused-ring (bicyclic) bond motifs is 4. The summed E-state index contributed by atoms with van der Waals surface area (Å²) in [6.07, 6.45) is 11.9. The molecular formula is C27H29N3O2. The molecule has 2 aliphatic carbocycles. The second kappa shape index (κ2) is 8.95. The molecule has 1 aromatic heterocycles. The number of nitrogens with zero attached hydrogens (tertiary/aromatic N) is 1. The smallest absolute Gasteiger partial charge is 0.251 e. The lowest BCUT2D eigenvalue weighted by Crippen LogP contribution is -2.40. The van der Waals surface area contributed by atoms with Gasteiger partial charge in [-0.2, -0.15) is 0 Å². The number of allylic oxidation sites excluding steroid dienone is 3. The maximum atomic E-state index is 11.9. The van der Waals surface area contributed by atoms with E-state index in [1.807, 2.05) is 55.6 Å². The Labute approximate surface area is 188 Å². The number of hydrogen-bond acceptors (Lipinski definition) is 3. The quantitative estimate of drug-likeness (QED) is 0.542. The molecule has 2 bridgehead atoms. The Morgan fingerprint density at radius 2 is 2.03 bits per heavy atom. The van der Waals surface area contributed by atoms with Gasteiger partial charge in [-0.3, -0.25) is 14.6 Å². The summed E-state index contributed by atoms with van der Waals surface area (Å²) in [4.78, 5) is 32.0. The molecule has 0 unspecified atom stereocenters. The van der Waals surface area contributed by atoms with Crippen molar-refractivity contribution in [2.24, 2.45) is 10.9 Å². The summed E-state index contributed by atoms with van der Waals surface area (Å²) < 4.78 is 0. The van der Waals surface area contributed by atoms with Crippen LogP contribution in [0.1, 0.15) is 54.4 Å². The maximum absolute atomic E-state index is 11.9. The maximum Gasteiger partial charge on any atom is 0.251 e. The fourth-order valence-corrected chi connectivity index (χ4v) is 4.98. The molecule has 4 rings (SSSR count). The summed E-state index contributed by atoms with van der Waals surface area (Å²) in [6.45, 7) is 6.75. The van der Waals surface area contributed by atoms with Crippen LogP contribution < -0.4 is 10.9 Å². The fraction of sp³-hybridized carbons (Fsp3) is 0.296. The van der Waals surface area contributed by atoms with E-state index in [1.165, 1.54) is 11.1 Å². The van der Waals surface area contributed by atoms with Gasteiger partial charge in [-0.15, -0.1) is 0 Å². The first kappa shape index (κ1) is 21.8. The van der Waals surface area contributed by atoms with Gasteiger partial charge >= 0.3 is 0 Å². The minimum absolute atomic E-state index is 0.0631. The molecule has 0 saturated heterocycles. The van der Waals surface area contributed by atoms with Crippen LogP contribution in [0.25, 0.3) is 6.08 Å². The highest BCUT2D eigenvalue weighted by Gasteiger charge is 2.46. The van der Waals surface area contributed by atoms with Crippen LogP contribution in [0.2, 0.25) is 0 Å². The molecule has 164 valence electrons. The second-order valence-corrected chi connectivity index (χ2v) is 8.44. The number of carbonyl (C=O) groups excluding carboxylic acids is 1. The molecule has 1 aromatic carbocycles. The van der Waals surface area contributed by atoms with Crippen LogP contribution in [0.4, 0.5) is 0 Å². The van der Waals surface area contributed by atoms with Gasteiger partial charge in [-0.05, 0) is 62.6 Å². The van der Waals surface area contributed by atoms with Crippen LogP contribution in [0, 0.1) is 5.92 Å². The van der Waals surface area contributed by atoms with E-state index in [4.69, 9.17) is 4.99 Å². The molecular weight excluding hydrogens is 398 g/mol. The second-order valence-electron chi connectivity index (χ2n) is 8.44. The van der Waals surface area contributed by atoms with Gasteiger partial charge in [0, 0.05) is 48.0 Å². The van der Waals surface area contributed by atoms with Crippen LogP contribution in [0.15, 0.2) is 75.6 Å². The number of hydrogen-bond donors (Lipinski definition) is 2. The average molecular weight is 428 g/mol. The van der Waals surface area contributed by atoms with Crippen molar-refractivity contribution in [2.75, 3.05) is 6.54 Å². The number of rotatable bonds is 5. The summed E-state index contributed by atoms with van der Waals surface area (Å²) in [5.41, 5.74) is 5.78. The van der Waals surface area contributed by atoms with Crippen molar-refractivity contribution in [2.45, 2.75) is 39.2 Å². The summed E-state index contributed by atoms with van der Waals surface area (Å²) >= 11 is 0. The Morgan fingerprint density at radius 3 is 2.75 bits per heavy atom. The Morgan fingerprint density at radius 1 is 1.25 bits per heavy atom. The van der Waals surface area contributed by atoms with E-state index < -0.39 is 5.54 Å². The average Bonchev–Trinajstić information content (AvgIpc) is 2.76. The zero-order chi connectivity index (χ0) is 22.7. The highest BCUT2D eigenvalue weighted by molar-refractivity contribution is 5.94. The van der Waals surface area contributed by atoms with Crippen molar-refractivity contribution in [3.05, 3.63) is 98.5 Å². The van der Waals surface area contributed by atoms with Gasteiger partial charge < -0.3 is 10.3 Å². The molecule has 1 amide bonds. The van der Waals surface area contributed by atoms with Crippen molar-refractivity contribution in [1.29, 1.82) is 0 Å². The summed E-state index contributed by atoms with van der Waals surface area (Å²) in [6, 6.07) is 11.0. The summed E-state index contributed by atoms with van der Waals surface area (Å²) in [7, 11) is 0. The molecule has 0 spiro atoms. The third-order valence-corrected chi connectivity index (χ3v) is 6.26. The van der Waals surface area contributed by atoms with E-state index in [-0.39, 0.29) is 17.4 Å². The molecule has 5 heteroatoms. The van der Waals surface area contributed by atoms with Crippen molar-refractivity contribution in [1.82, 2.24) is 10.3 Å². The number of aliphatic imine (C=N–C) groups is 1. The fourth-order valence-electron chi connectivity index (χ4n) is 4.98. The van der Waals surface area contributed by atoms with E-state index in [0.29, 0.717) is 12.1 Å². The third-order valence-electron chi connectivity index (χ3n) is 6.26. The predicted molar refractivity (Wildman–Crippen MR) is 130 cm³/mol. The Kier molecular flexibility index (Phi) is 6.08. The van der Waals surface area contributed by atoms with Crippen molar-refractivity contribution < 1.29 is 4.79 Å². The van der Waals surface area contributed by atoms with Crippen molar-refractivity contribution in [3.8, 4) is 0 Å². The zero-order valence-corrected chi connectivity index (χ0v) is 18.8. The Bertz CT molecular complexity index is 1200. The first-order chi connectivity index (χ1) is 15.5. The van der Waals surface area contributed by atoms with E-state index in [9.17, 15) is 9.59 Å². The highest BCUT2D eigenvalue weighted by Crippen LogP contribution is 2.51. The standard InChI is InChI=1S/C27H29N3O2/c1-4-22-21-15-18(3)17-27(22,23-12-13-25(31)30-24(23)16-21)29-14-6-7-19-8-10-20(11-9-19)26(32)28-5-2/h4,6-15,21H,5,16-17H2,1-3H3,(H,28,32)(H,30,31)/b7-6+,22-4+,29-14?/t21-,27+/m0/s1. The minimum Gasteiger partial charge on any atom is -0.352 e. The molecule has 2 N–H and O–H groups in total. The Balaban J connectivity index is 1.64. The highest BCUT2D eigenvalue weighted by atomic mass is 16.1. The lowest BCUT2D eigenvalue weighted by atomic mass is 9.63. The molecule has 2 aliphatic rings. The van der Waals surface area contributed by atoms with Crippen LogP contribution in [-0.2, 0) is 12.0 Å². The summed E-state index contributed by atoms with van der Waals surface area (Å²) in [5.74, 6) is 0.189. The number of nitrogens with one attached hydrogen (secondary N) is 2. The van der Waals surface area contributed by atoms with Gasteiger partial charge in [0.2, 0.25) is 5.56 Å². The normalized spacial score (nSPS) is 23.4. The molecule has 5 nitrogen and oxygen atoms in total. The van der Waals surface area contributed by atoms with Gasteiger partial charge in [0.05, 0.1) is 0 Å². The molecule has 0 aliphatic heterocycles. The number of benzene rings is 1. The number of pyridine rings is 1.